The van der Waals surface area contributed by atoms with Gasteiger partial charge in [0.1, 0.15) is 5.69 Å². The first-order valence-corrected chi connectivity index (χ1v) is 8.34. The zero-order valence-electron chi connectivity index (χ0n) is 14.9. The third kappa shape index (κ3) is 4.45. The number of benzene rings is 1. The van der Waals surface area contributed by atoms with E-state index in [0.717, 1.165) is 11.3 Å². The monoisotopic (exact) mass is 329 g/mol. The molecule has 1 atom stereocenters. The second-order valence-corrected chi connectivity index (χ2v) is 7.09. The van der Waals surface area contributed by atoms with E-state index in [-0.39, 0.29) is 24.0 Å². The Morgan fingerprint density at radius 2 is 1.96 bits per heavy atom. The van der Waals surface area contributed by atoms with Crippen LogP contribution in [0.25, 0.3) is 0 Å². The standard InChI is InChI=1S/C19H27N3O2/c1-19(2,3)17-13-16(22(4)21-17)18(24)20-15(11-8-12-23)14-9-6-5-7-10-14/h5-7,9-10,13,15,23H,8,11-12H2,1-4H3,(H,20,24). The molecule has 1 aromatic heterocycles. The Balaban J connectivity index is 2.20. The summed E-state index contributed by atoms with van der Waals surface area (Å²) in [7, 11) is 1.79. The molecule has 130 valence electrons. The van der Waals surface area contributed by atoms with Crippen LogP contribution in [0.3, 0.4) is 0 Å². The lowest BCUT2D eigenvalue weighted by Crippen LogP contribution is -2.30. The van der Waals surface area contributed by atoms with E-state index >= 15 is 0 Å². The Morgan fingerprint density at radius 3 is 2.50 bits per heavy atom. The van der Waals surface area contributed by atoms with Crippen LogP contribution in [0.4, 0.5) is 0 Å². The van der Waals surface area contributed by atoms with Gasteiger partial charge in [-0.15, -0.1) is 0 Å². The average molecular weight is 329 g/mol. The minimum atomic E-state index is -0.146. The number of carbonyl (C=O) groups is 1. The van der Waals surface area contributed by atoms with Crippen molar-refractivity contribution in [3.05, 3.63) is 53.3 Å². The van der Waals surface area contributed by atoms with E-state index in [9.17, 15) is 4.79 Å². The topological polar surface area (TPSA) is 67.2 Å². The lowest BCUT2D eigenvalue weighted by atomic mass is 9.92. The number of hydrogen-bond acceptors (Lipinski definition) is 3. The molecule has 0 aliphatic carbocycles. The van der Waals surface area contributed by atoms with E-state index in [1.165, 1.54) is 0 Å². The summed E-state index contributed by atoms with van der Waals surface area (Å²) in [6.45, 7) is 6.33. The molecule has 1 unspecified atom stereocenters. The number of aliphatic hydroxyl groups excluding tert-OH is 1. The number of aryl methyl sites for hydroxylation is 1. The fraction of sp³-hybridized carbons (Fsp3) is 0.474. The lowest BCUT2D eigenvalue weighted by Gasteiger charge is -2.19. The van der Waals surface area contributed by atoms with Crippen molar-refractivity contribution in [3.8, 4) is 0 Å². The van der Waals surface area contributed by atoms with Crippen LogP contribution in [0.5, 0.6) is 0 Å². The molecular formula is C19H27N3O2. The molecule has 24 heavy (non-hydrogen) atoms. The second kappa shape index (κ2) is 7.62. The van der Waals surface area contributed by atoms with E-state index in [0.29, 0.717) is 18.5 Å². The zero-order chi connectivity index (χ0) is 17.7. The maximum absolute atomic E-state index is 12.7. The summed E-state index contributed by atoms with van der Waals surface area (Å²) >= 11 is 0. The lowest BCUT2D eigenvalue weighted by molar-refractivity contribution is 0.0923. The van der Waals surface area contributed by atoms with Crippen molar-refractivity contribution in [2.75, 3.05) is 6.61 Å². The number of carbonyl (C=O) groups excluding carboxylic acids is 1. The number of hydrogen-bond donors (Lipinski definition) is 2. The van der Waals surface area contributed by atoms with Crippen LogP contribution in [0.2, 0.25) is 0 Å². The van der Waals surface area contributed by atoms with Crippen molar-refractivity contribution >= 4 is 5.91 Å². The quantitative estimate of drug-likeness (QED) is 0.856. The van der Waals surface area contributed by atoms with E-state index in [1.54, 1.807) is 11.7 Å². The molecule has 1 heterocycles. The average Bonchev–Trinajstić information content (AvgIpc) is 2.94. The highest BCUT2D eigenvalue weighted by Crippen LogP contribution is 2.23. The summed E-state index contributed by atoms with van der Waals surface area (Å²) in [6, 6.07) is 11.6. The van der Waals surface area contributed by atoms with Crippen molar-refractivity contribution in [2.24, 2.45) is 7.05 Å². The number of nitrogens with one attached hydrogen (secondary N) is 1. The summed E-state index contributed by atoms with van der Waals surface area (Å²) in [5.41, 5.74) is 2.37. The molecule has 0 bridgehead atoms. The van der Waals surface area contributed by atoms with Gasteiger partial charge in [0.2, 0.25) is 0 Å². The normalized spacial score (nSPS) is 12.9. The van der Waals surface area contributed by atoms with Crippen LogP contribution in [0, 0.1) is 0 Å². The van der Waals surface area contributed by atoms with Gasteiger partial charge in [-0.1, -0.05) is 51.1 Å². The minimum Gasteiger partial charge on any atom is -0.396 e. The van der Waals surface area contributed by atoms with Crippen molar-refractivity contribution in [1.29, 1.82) is 0 Å². The first-order chi connectivity index (χ1) is 11.3. The molecule has 0 spiro atoms. The molecule has 2 N–H and O–H groups in total. The van der Waals surface area contributed by atoms with Gasteiger partial charge < -0.3 is 10.4 Å². The van der Waals surface area contributed by atoms with Gasteiger partial charge in [-0.2, -0.15) is 5.10 Å². The first kappa shape index (κ1) is 18.2. The third-order valence-electron chi connectivity index (χ3n) is 4.04. The minimum absolute atomic E-state index is 0.105. The second-order valence-electron chi connectivity index (χ2n) is 7.09. The summed E-state index contributed by atoms with van der Waals surface area (Å²) in [6.07, 6.45) is 1.33. The SMILES string of the molecule is Cn1nc(C(C)(C)C)cc1C(=O)NC(CCCO)c1ccccc1. The molecule has 1 amide bonds. The number of aromatic nitrogens is 2. The molecule has 0 aliphatic rings. The molecule has 5 nitrogen and oxygen atoms in total. The molecule has 2 rings (SSSR count). The summed E-state index contributed by atoms with van der Waals surface area (Å²) in [4.78, 5) is 12.7. The number of aliphatic hydroxyl groups is 1. The fourth-order valence-corrected chi connectivity index (χ4v) is 2.58. The van der Waals surface area contributed by atoms with Crippen LogP contribution in [0.1, 0.15) is 61.4 Å². The molecule has 2 aromatic rings. The van der Waals surface area contributed by atoms with Gasteiger partial charge in [-0.05, 0) is 24.5 Å². The Morgan fingerprint density at radius 1 is 1.29 bits per heavy atom. The maximum Gasteiger partial charge on any atom is 0.270 e. The van der Waals surface area contributed by atoms with Crippen molar-refractivity contribution in [2.45, 2.75) is 45.1 Å². The molecule has 0 aliphatic heterocycles. The molecule has 0 radical (unpaired) electrons. The van der Waals surface area contributed by atoms with E-state index < -0.39 is 0 Å². The highest BCUT2D eigenvalue weighted by Gasteiger charge is 2.23. The summed E-state index contributed by atoms with van der Waals surface area (Å²) < 4.78 is 1.63. The van der Waals surface area contributed by atoms with Gasteiger partial charge in [0.05, 0.1) is 11.7 Å². The summed E-state index contributed by atoms with van der Waals surface area (Å²) in [5.74, 6) is -0.146. The Labute approximate surface area is 143 Å². The van der Waals surface area contributed by atoms with Crippen LogP contribution in [0.15, 0.2) is 36.4 Å². The Bertz CT molecular complexity index is 672. The van der Waals surface area contributed by atoms with Gasteiger partial charge in [0.25, 0.3) is 5.91 Å². The largest absolute Gasteiger partial charge is 0.396 e. The van der Waals surface area contributed by atoms with E-state index in [1.807, 2.05) is 36.4 Å². The van der Waals surface area contributed by atoms with E-state index in [2.05, 4.69) is 31.2 Å². The Hall–Kier alpha value is -2.14. The molecule has 0 fully saturated rings. The van der Waals surface area contributed by atoms with Gasteiger partial charge >= 0.3 is 0 Å². The molecule has 0 saturated heterocycles. The molecule has 5 heteroatoms. The van der Waals surface area contributed by atoms with Crippen LogP contribution in [-0.4, -0.2) is 27.4 Å². The van der Waals surface area contributed by atoms with Gasteiger partial charge in [-0.3, -0.25) is 9.48 Å². The van der Waals surface area contributed by atoms with Crippen molar-refractivity contribution in [3.63, 3.8) is 0 Å². The fourth-order valence-electron chi connectivity index (χ4n) is 2.58. The highest BCUT2D eigenvalue weighted by molar-refractivity contribution is 5.93. The summed E-state index contributed by atoms with van der Waals surface area (Å²) in [5, 5.41) is 16.7. The predicted octanol–water partition coefficient (Wildman–Crippen LogP) is 2.96. The number of nitrogens with zero attached hydrogens (tertiary/aromatic N) is 2. The number of amides is 1. The Kier molecular flexibility index (Phi) is 5.78. The molecule has 1 aromatic carbocycles. The maximum atomic E-state index is 12.7. The van der Waals surface area contributed by atoms with Crippen LogP contribution in [-0.2, 0) is 12.5 Å². The van der Waals surface area contributed by atoms with Crippen molar-refractivity contribution in [1.82, 2.24) is 15.1 Å². The molecule has 0 saturated carbocycles. The van der Waals surface area contributed by atoms with Crippen LogP contribution < -0.4 is 5.32 Å². The smallest absolute Gasteiger partial charge is 0.270 e. The van der Waals surface area contributed by atoms with Gasteiger partial charge in [0, 0.05) is 19.1 Å². The van der Waals surface area contributed by atoms with E-state index in [4.69, 9.17) is 5.11 Å². The zero-order valence-corrected chi connectivity index (χ0v) is 14.9. The predicted molar refractivity (Wildman–Crippen MR) is 94.9 cm³/mol. The third-order valence-corrected chi connectivity index (χ3v) is 4.04. The highest BCUT2D eigenvalue weighted by atomic mass is 16.3. The molecular weight excluding hydrogens is 302 g/mol. The van der Waals surface area contributed by atoms with Gasteiger partial charge in [0.15, 0.2) is 0 Å². The van der Waals surface area contributed by atoms with Crippen molar-refractivity contribution < 1.29 is 9.90 Å². The van der Waals surface area contributed by atoms with Crippen LogP contribution >= 0.6 is 0 Å². The van der Waals surface area contributed by atoms with Gasteiger partial charge in [-0.25, -0.2) is 0 Å². The first-order valence-electron chi connectivity index (χ1n) is 8.34. The number of rotatable bonds is 6.